The van der Waals surface area contributed by atoms with Gasteiger partial charge in [0, 0.05) is 12.0 Å². The minimum absolute atomic E-state index is 0.0380. The lowest BCUT2D eigenvalue weighted by Crippen LogP contribution is -1.99. The Morgan fingerprint density at radius 1 is 1.57 bits per heavy atom. The van der Waals surface area contributed by atoms with Crippen molar-refractivity contribution in [3.63, 3.8) is 0 Å². The molecule has 0 fully saturated rings. The van der Waals surface area contributed by atoms with E-state index in [-0.39, 0.29) is 16.0 Å². The van der Waals surface area contributed by atoms with Crippen molar-refractivity contribution in [2.45, 2.75) is 13.3 Å². The Morgan fingerprint density at radius 3 is 2.71 bits per heavy atom. The summed E-state index contributed by atoms with van der Waals surface area (Å²) in [5.74, 6) is -0.444. The second kappa shape index (κ2) is 4.55. The molecule has 0 aliphatic rings. The number of carbonyl (C=O) groups excluding carboxylic acids is 1. The first kappa shape index (κ1) is 11.2. The van der Waals surface area contributed by atoms with Crippen LogP contribution in [-0.4, -0.2) is 12.9 Å². The Kier molecular flexibility index (Phi) is 3.63. The van der Waals surface area contributed by atoms with Crippen molar-refractivity contribution in [3.8, 4) is 5.75 Å². The molecule has 0 atom stereocenters. The van der Waals surface area contributed by atoms with E-state index >= 15 is 0 Å². The molecule has 0 bridgehead atoms. The van der Waals surface area contributed by atoms with Crippen molar-refractivity contribution >= 4 is 21.7 Å². The third-order valence-corrected chi connectivity index (χ3v) is 2.43. The lowest BCUT2D eigenvalue weighted by atomic mass is 10.1. The van der Waals surface area contributed by atoms with E-state index in [1.165, 1.54) is 19.2 Å². The average molecular weight is 261 g/mol. The van der Waals surface area contributed by atoms with Crippen molar-refractivity contribution in [2.24, 2.45) is 0 Å². The molecule has 0 aromatic heterocycles. The van der Waals surface area contributed by atoms with Crippen molar-refractivity contribution in [2.75, 3.05) is 7.11 Å². The number of hydrogen-bond donors (Lipinski definition) is 0. The van der Waals surface area contributed by atoms with Gasteiger partial charge in [-0.2, -0.15) is 0 Å². The van der Waals surface area contributed by atoms with Crippen molar-refractivity contribution < 1.29 is 13.9 Å². The monoisotopic (exact) mass is 260 g/mol. The minimum atomic E-state index is -0.486. The highest BCUT2D eigenvalue weighted by molar-refractivity contribution is 9.10. The van der Waals surface area contributed by atoms with Gasteiger partial charge in [-0.1, -0.05) is 6.92 Å². The molecule has 2 nitrogen and oxygen atoms in total. The second-order valence-electron chi connectivity index (χ2n) is 2.75. The molecule has 0 aliphatic heterocycles. The molecule has 0 N–H and O–H groups in total. The maximum atomic E-state index is 13.3. The molecule has 0 spiro atoms. The van der Waals surface area contributed by atoms with E-state index < -0.39 is 5.82 Å². The summed E-state index contributed by atoms with van der Waals surface area (Å²) in [4.78, 5) is 11.3. The third-order valence-electron chi connectivity index (χ3n) is 1.86. The number of ketones is 1. The molecule has 1 rings (SSSR count). The lowest BCUT2D eigenvalue weighted by molar-refractivity contribution is 0.0987. The van der Waals surface area contributed by atoms with Crippen LogP contribution in [0.2, 0.25) is 0 Å². The van der Waals surface area contributed by atoms with Gasteiger partial charge in [0.1, 0.15) is 0 Å². The van der Waals surface area contributed by atoms with Gasteiger partial charge in [-0.15, -0.1) is 0 Å². The van der Waals surface area contributed by atoms with E-state index in [9.17, 15) is 9.18 Å². The highest BCUT2D eigenvalue weighted by atomic mass is 79.9. The van der Waals surface area contributed by atoms with Crippen molar-refractivity contribution in [1.82, 2.24) is 0 Å². The second-order valence-corrected chi connectivity index (χ2v) is 3.61. The quantitative estimate of drug-likeness (QED) is 0.781. The minimum Gasteiger partial charge on any atom is -0.494 e. The topological polar surface area (TPSA) is 26.3 Å². The molecule has 0 heterocycles. The van der Waals surface area contributed by atoms with Gasteiger partial charge < -0.3 is 4.74 Å². The van der Waals surface area contributed by atoms with Crippen LogP contribution in [0, 0.1) is 5.82 Å². The Hall–Kier alpha value is -0.900. The van der Waals surface area contributed by atoms with Crippen LogP contribution in [0.4, 0.5) is 4.39 Å². The Bertz CT molecular complexity index is 363. The summed E-state index contributed by atoms with van der Waals surface area (Å²) < 4.78 is 18.3. The summed E-state index contributed by atoms with van der Waals surface area (Å²) in [6.45, 7) is 1.76. The van der Waals surface area contributed by atoms with Crippen LogP contribution < -0.4 is 4.74 Å². The number of carbonyl (C=O) groups is 1. The Labute approximate surface area is 90.2 Å². The maximum absolute atomic E-state index is 13.3. The Balaban J connectivity index is 3.22. The van der Waals surface area contributed by atoms with Gasteiger partial charge in [0.15, 0.2) is 17.3 Å². The van der Waals surface area contributed by atoms with Crippen LogP contribution in [0.3, 0.4) is 0 Å². The maximum Gasteiger partial charge on any atom is 0.179 e. The van der Waals surface area contributed by atoms with Gasteiger partial charge in [0.2, 0.25) is 0 Å². The molecule has 14 heavy (non-hydrogen) atoms. The molecular formula is C10H10BrFO2. The van der Waals surface area contributed by atoms with Gasteiger partial charge >= 0.3 is 0 Å². The summed E-state index contributed by atoms with van der Waals surface area (Å²) in [5, 5.41) is 0. The van der Waals surface area contributed by atoms with Gasteiger partial charge in [-0.05, 0) is 28.1 Å². The van der Waals surface area contributed by atoms with Crippen LogP contribution in [0.5, 0.6) is 5.75 Å². The Morgan fingerprint density at radius 2 is 2.21 bits per heavy atom. The molecule has 0 saturated heterocycles. The number of hydrogen-bond acceptors (Lipinski definition) is 2. The zero-order chi connectivity index (χ0) is 10.7. The van der Waals surface area contributed by atoms with Crippen LogP contribution >= 0.6 is 15.9 Å². The summed E-state index contributed by atoms with van der Waals surface area (Å²) in [7, 11) is 1.37. The van der Waals surface area contributed by atoms with E-state index in [0.717, 1.165) is 0 Å². The van der Waals surface area contributed by atoms with E-state index in [4.69, 9.17) is 4.74 Å². The highest BCUT2D eigenvalue weighted by Gasteiger charge is 2.12. The molecule has 1 aromatic rings. The SMILES string of the molecule is CCC(=O)c1cc(Br)c(F)c(OC)c1. The smallest absolute Gasteiger partial charge is 0.179 e. The fourth-order valence-corrected chi connectivity index (χ4v) is 1.52. The zero-order valence-corrected chi connectivity index (χ0v) is 9.52. The standard InChI is InChI=1S/C10H10BrFO2/c1-3-8(13)6-4-7(11)10(12)9(5-6)14-2/h4-5H,3H2,1-2H3. The van der Waals surface area contributed by atoms with Gasteiger partial charge in [-0.3, -0.25) is 4.79 Å². The van der Waals surface area contributed by atoms with E-state index in [1.807, 2.05) is 0 Å². The van der Waals surface area contributed by atoms with Crippen LogP contribution in [0.15, 0.2) is 16.6 Å². The highest BCUT2D eigenvalue weighted by Crippen LogP contribution is 2.27. The zero-order valence-electron chi connectivity index (χ0n) is 7.93. The van der Waals surface area contributed by atoms with Crippen molar-refractivity contribution in [1.29, 1.82) is 0 Å². The molecule has 0 saturated carbocycles. The summed E-state index contributed by atoms with van der Waals surface area (Å²) in [6, 6.07) is 2.87. The largest absolute Gasteiger partial charge is 0.494 e. The number of ether oxygens (including phenoxy) is 1. The summed E-state index contributed by atoms with van der Waals surface area (Å²) >= 11 is 3.03. The van der Waals surface area contributed by atoms with Gasteiger partial charge in [0.05, 0.1) is 11.6 Å². The number of halogens is 2. The summed E-state index contributed by atoms with van der Waals surface area (Å²) in [5.41, 5.74) is 0.456. The van der Waals surface area contributed by atoms with Gasteiger partial charge in [-0.25, -0.2) is 4.39 Å². The first-order valence-corrected chi connectivity index (χ1v) is 4.95. The molecular weight excluding hydrogens is 251 g/mol. The predicted molar refractivity (Wildman–Crippen MR) is 55.3 cm³/mol. The van der Waals surface area contributed by atoms with Crippen LogP contribution in [-0.2, 0) is 0 Å². The first-order valence-electron chi connectivity index (χ1n) is 4.16. The number of Topliss-reactive ketones (excluding diaryl/α,β-unsaturated/α-hetero) is 1. The number of methoxy groups -OCH3 is 1. The molecule has 76 valence electrons. The van der Waals surface area contributed by atoms with Crippen LogP contribution in [0.25, 0.3) is 0 Å². The van der Waals surface area contributed by atoms with Gasteiger partial charge in [0.25, 0.3) is 0 Å². The molecule has 0 radical (unpaired) electrons. The van der Waals surface area contributed by atoms with Crippen molar-refractivity contribution in [3.05, 3.63) is 28.0 Å². The normalized spacial score (nSPS) is 10.0. The molecule has 0 unspecified atom stereocenters. The van der Waals surface area contributed by atoms with E-state index in [2.05, 4.69) is 15.9 Å². The predicted octanol–water partition coefficient (Wildman–Crippen LogP) is 3.19. The average Bonchev–Trinajstić information content (AvgIpc) is 2.20. The van der Waals surface area contributed by atoms with Crippen LogP contribution in [0.1, 0.15) is 23.7 Å². The number of benzene rings is 1. The molecule has 0 amide bonds. The lowest BCUT2D eigenvalue weighted by Gasteiger charge is -2.06. The molecule has 0 aliphatic carbocycles. The molecule has 4 heteroatoms. The number of rotatable bonds is 3. The fraction of sp³-hybridized carbons (Fsp3) is 0.300. The third kappa shape index (κ3) is 2.12. The first-order chi connectivity index (χ1) is 6.60. The summed E-state index contributed by atoms with van der Waals surface area (Å²) in [6.07, 6.45) is 0.390. The molecule has 1 aromatic carbocycles. The van der Waals surface area contributed by atoms with E-state index in [1.54, 1.807) is 6.92 Å². The van der Waals surface area contributed by atoms with E-state index in [0.29, 0.717) is 12.0 Å². The fourth-order valence-electron chi connectivity index (χ4n) is 1.08.